The summed E-state index contributed by atoms with van der Waals surface area (Å²) in [6, 6.07) is 7.54. The van der Waals surface area contributed by atoms with Gasteiger partial charge in [0.25, 0.3) is 0 Å². The zero-order valence-electron chi connectivity index (χ0n) is 14.3. The van der Waals surface area contributed by atoms with Crippen molar-refractivity contribution in [2.24, 2.45) is 5.92 Å². The van der Waals surface area contributed by atoms with Gasteiger partial charge < -0.3 is 10.2 Å². The molecule has 0 radical (unpaired) electrons. The summed E-state index contributed by atoms with van der Waals surface area (Å²) in [6.45, 7) is 2.83. The van der Waals surface area contributed by atoms with Crippen molar-refractivity contribution in [3.63, 3.8) is 0 Å². The number of amides is 1. The van der Waals surface area contributed by atoms with Crippen LogP contribution in [0, 0.1) is 12.8 Å². The quantitative estimate of drug-likeness (QED) is 0.903. The van der Waals surface area contributed by atoms with Crippen LogP contribution in [0.4, 0.5) is 24.8 Å². The first-order valence-corrected chi connectivity index (χ1v) is 8.36. The molecule has 1 fully saturated rings. The molecule has 8 heteroatoms. The number of anilines is 2. The number of carbonyl (C=O) groups is 1. The van der Waals surface area contributed by atoms with Crippen LogP contribution in [0.25, 0.3) is 0 Å². The Morgan fingerprint density at radius 2 is 1.92 bits per heavy atom. The Balaban J connectivity index is 1.61. The molecule has 1 saturated heterocycles. The van der Waals surface area contributed by atoms with Gasteiger partial charge in [0, 0.05) is 25.2 Å². The Morgan fingerprint density at radius 3 is 2.58 bits per heavy atom. The maximum absolute atomic E-state index is 12.8. The number of halogens is 3. The second kappa shape index (κ2) is 7.31. The van der Waals surface area contributed by atoms with E-state index in [-0.39, 0.29) is 11.8 Å². The van der Waals surface area contributed by atoms with Crippen LogP contribution in [0.15, 0.2) is 36.5 Å². The van der Waals surface area contributed by atoms with Crippen LogP contribution in [0.5, 0.6) is 0 Å². The van der Waals surface area contributed by atoms with Crippen molar-refractivity contribution in [3.8, 4) is 0 Å². The van der Waals surface area contributed by atoms with E-state index in [2.05, 4.69) is 15.3 Å². The van der Waals surface area contributed by atoms with E-state index in [0.717, 1.165) is 11.6 Å². The second-order valence-electron chi connectivity index (χ2n) is 6.30. The van der Waals surface area contributed by atoms with E-state index in [1.54, 1.807) is 23.2 Å². The fourth-order valence-corrected chi connectivity index (χ4v) is 2.96. The minimum Gasteiger partial charge on any atom is -0.357 e. The van der Waals surface area contributed by atoms with Gasteiger partial charge in [0.2, 0.25) is 5.91 Å². The zero-order valence-corrected chi connectivity index (χ0v) is 14.3. The number of alkyl halides is 3. The molecule has 5 nitrogen and oxygen atoms in total. The normalized spacial score (nSPS) is 15.8. The van der Waals surface area contributed by atoms with E-state index in [0.29, 0.717) is 37.6 Å². The standard InChI is InChI=1S/C18H19F3N4O/c1-12-4-3-9-22-16(12)24-17(26)13-7-10-25(11-8-13)15-6-2-5-14(23-15)18(19,20)21/h2-6,9,13H,7-8,10-11H2,1H3,(H,22,24,26). The van der Waals surface area contributed by atoms with Gasteiger partial charge in [-0.25, -0.2) is 9.97 Å². The van der Waals surface area contributed by atoms with Crippen LogP contribution < -0.4 is 10.2 Å². The Hall–Kier alpha value is -2.64. The molecule has 0 saturated carbocycles. The number of hydrogen-bond acceptors (Lipinski definition) is 4. The van der Waals surface area contributed by atoms with E-state index in [1.807, 2.05) is 13.0 Å². The van der Waals surface area contributed by atoms with Crippen molar-refractivity contribution < 1.29 is 18.0 Å². The number of piperidine rings is 1. The second-order valence-corrected chi connectivity index (χ2v) is 6.30. The third kappa shape index (κ3) is 4.12. The van der Waals surface area contributed by atoms with Gasteiger partial charge in [0.15, 0.2) is 0 Å². The van der Waals surface area contributed by atoms with Crippen LogP contribution in [0.1, 0.15) is 24.1 Å². The van der Waals surface area contributed by atoms with Crippen LogP contribution >= 0.6 is 0 Å². The van der Waals surface area contributed by atoms with Crippen LogP contribution in [0.3, 0.4) is 0 Å². The summed E-state index contributed by atoms with van der Waals surface area (Å²) in [6.07, 6.45) is -1.75. The smallest absolute Gasteiger partial charge is 0.357 e. The van der Waals surface area contributed by atoms with Crippen molar-refractivity contribution in [1.82, 2.24) is 9.97 Å². The van der Waals surface area contributed by atoms with Gasteiger partial charge in [-0.2, -0.15) is 13.2 Å². The third-order valence-corrected chi connectivity index (χ3v) is 4.47. The molecule has 1 N–H and O–H groups in total. The minimum atomic E-state index is -4.46. The lowest BCUT2D eigenvalue weighted by molar-refractivity contribution is -0.141. The van der Waals surface area contributed by atoms with Gasteiger partial charge in [-0.15, -0.1) is 0 Å². The number of rotatable bonds is 3. The van der Waals surface area contributed by atoms with Gasteiger partial charge >= 0.3 is 6.18 Å². The van der Waals surface area contributed by atoms with Gasteiger partial charge in [-0.1, -0.05) is 12.1 Å². The van der Waals surface area contributed by atoms with E-state index in [1.165, 1.54) is 6.07 Å². The molecule has 2 aromatic heterocycles. The number of nitrogens with zero attached hydrogens (tertiary/aromatic N) is 3. The molecule has 1 aliphatic heterocycles. The molecule has 2 aromatic rings. The lowest BCUT2D eigenvalue weighted by Crippen LogP contribution is -2.38. The maximum atomic E-state index is 12.8. The van der Waals surface area contributed by atoms with E-state index in [4.69, 9.17) is 0 Å². The monoisotopic (exact) mass is 364 g/mol. The van der Waals surface area contributed by atoms with Crippen molar-refractivity contribution in [3.05, 3.63) is 47.8 Å². The highest BCUT2D eigenvalue weighted by molar-refractivity contribution is 5.92. The maximum Gasteiger partial charge on any atom is 0.433 e. The molecule has 0 unspecified atom stereocenters. The van der Waals surface area contributed by atoms with E-state index >= 15 is 0 Å². The van der Waals surface area contributed by atoms with Gasteiger partial charge in [-0.05, 0) is 43.5 Å². The zero-order chi connectivity index (χ0) is 18.7. The number of nitrogens with one attached hydrogen (secondary N) is 1. The molecule has 1 amide bonds. The number of carbonyl (C=O) groups excluding carboxylic acids is 1. The highest BCUT2D eigenvalue weighted by Crippen LogP contribution is 2.30. The summed E-state index contributed by atoms with van der Waals surface area (Å²) in [7, 11) is 0. The molecular weight excluding hydrogens is 345 g/mol. The molecule has 1 aliphatic rings. The summed E-state index contributed by atoms with van der Waals surface area (Å²) in [5, 5.41) is 2.83. The topological polar surface area (TPSA) is 58.1 Å². The van der Waals surface area contributed by atoms with Crippen molar-refractivity contribution in [1.29, 1.82) is 0 Å². The lowest BCUT2D eigenvalue weighted by atomic mass is 9.96. The van der Waals surface area contributed by atoms with Crippen LogP contribution in [0.2, 0.25) is 0 Å². The number of aromatic nitrogens is 2. The number of aryl methyl sites for hydroxylation is 1. The Bertz CT molecular complexity index is 786. The summed E-state index contributed by atoms with van der Waals surface area (Å²) in [5.41, 5.74) is -0.0213. The summed E-state index contributed by atoms with van der Waals surface area (Å²) in [4.78, 5) is 22.1. The first-order chi connectivity index (χ1) is 12.3. The van der Waals surface area contributed by atoms with Gasteiger partial charge in [0.1, 0.15) is 17.3 Å². The average Bonchev–Trinajstić information content (AvgIpc) is 2.63. The molecule has 26 heavy (non-hydrogen) atoms. The molecular formula is C18H19F3N4O. The molecule has 3 rings (SSSR count). The Kier molecular flexibility index (Phi) is 5.11. The molecule has 138 valence electrons. The van der Waals surface area contributed by atoms with Gasteiger partial charge in [0.05, 0.1) is 0 Å². The average molecular weight is 364 g/mol. The molecule has 0 spiro atoms. The minimum absolute atomic E-state index is 0.108. The summed E-state index contributed by atoms with van der Waals surface area (Å²) < 4.78 is 38.4. The van der Waals surface area contributed by atoms with Crippen LogP contribution in [-0.4, -0.2) is 29.0 Å². The summed E-state index contributed by atoms with van der Waals surface area (Å²) >= 11 is 0. The van der Waals surface area contributed by atoms with Gasteiger partial charge in [-0.3, -0.25) is 4.79 Å². The highest BCUT2D eigenvalue weighted by Gasteiger charge is 2.33. The van der Waals surface area contributed by atoms with E-state index in [9.17, 15) is 18.0 Å². The Morgan fingerprint density at radius 1 is 1.19 bits per heavy atom. The molecule has 0 aliphatic carbocycles. The first kappa shape index (κ1) is 18.2. The number of hydrogen-bond donors (Lipinski definition) is 1. The molecule has 0 atom stereocenters. The van der Waals surface area contributed by atoms with E-state index < -0.39 is 11.9 Å². The largest absolute Gasteiger partial charge is 0.433 e. The predicted octanol–water partition coefficient (Wildman–Crippen LogP) is 3.66. The predicted molar refractivity (Wildman–Crippen MR) is 91.8 cm³/mol. The van der Waals surface area contributed by atoms with Crippen molar-refractivity contribution >= 4 is 17.5 Å². The van der Waals surface area contributed by atoms with Crippen molar-refractivity contribution in [2.45, 2.75) is 25.9 Å². The van der Waals surface area contributed by atoms with Crippen molar-refractivity contribution in [2.75, 3.05) is 23.3 Å². The molecule has 0 bridgehead atoms. The molecule has 0 aromatic carbocycles. The van der Waals surface area contributed by atoms with Crippen LogP contribution in [-0.2, 0) is 11.0 Å². The fourth-order valence-electron chi connectivity index (χ4n) is 2.96. The highest BCUT2D eigenvalue weighted by atomic mass is 19.4. The fraction of sp³-hybridized carbons (Fsp3) is 0.389. The first-order valence-electron chi connectivity index (χ1n) is 8.36. The SMILES string of the molecule is Cc1cccnc1NC(=O)C1CCN(c2cccc(C(F)(F)F)n2)CC1. The number of pyridine rings is 2. The third-order valence-electron chi connectivity index (χ3n) is 4.47. The Labute approximate surface area is 149 Å². The summed E-state index contributed by atoms with van der Waals surface area (Å²) in [5.74, 6) is 0.528. The molecule has 3 heterocycles. The lowest BCUT2D eigenvalue weighted by Gasteiger charge is -2.32.